The monoisotopic (exact) mass is 208 g/mol. The normalized spacial score (nSPS) is 22.4. The highest BCUT2D eigenvalue weighted by molar-refractivity contribution is 4.89. The van der Waals surface area contributed by atoms with Gasteiger partial charge in [-0.2, -0.15) is 0 Å². The summed E-state index contributed by atoms with van der Waals surface area (Å²) in [6, 6.07) is 0.605. The smallest absolute Gasteiger partial charge is 0.105 e. The molecule has 0 bridgehead atoms. The zero-order chi connectivity index (χ0) is 10.7. The van der Waals surface area contributed by atoms with E-state index < -0.39 is 0 Å². The van der Waals surface area contributed by atoms with E-state index in [1.54, 1.807) is 0 Å². The third kappa shape index (κ3) is 2.38. The summed E-state index contributed by atoms with van der Waals surface area (Å²) in [4.78, 5) is 6.72. The van der Waals surface area contributed by atoms with E-state index in [2.05, 4.69) is 14.5 Å². The zero-order valence-electron chi connectivity index (χ0n) is 9.39. The van der Waals surface area contributed by atoms with Gasteiger partial charge in [-0.25, -0.2) is 4.98 Å². The molecule has 2 rings (SSSR count). The van der Waals surface area contributed by atoms with Crippen LogP contribution in [0.25, 0.3) is 0 Å². The highest BCUT2D eigenvalue weighted by atomic mass is 15.2. The van der Waals surface area contributed by atoms with E-state index in [9.17, 15) is 0 Å². The Balaban J connectivity index is 1.85. The molecule has 1 aromatic rings. The lowest BCUT2D eigenvalue weighted by molar-refractivity contribution is 0.248. The van der Waals surface area contributed by atoms with E-state index in [-0.39, 0.29) is 0 Å². The van der Waals surface area contributed by atoms with Gasteiger partial charge in [0.15, 0.2) is 0 Å². The summed E-state index contributed by atoms with van der Waals surface area (Å²) in [5, 5.41) is 0. The van der Waals surface area contributed by atoms with Crippen LogP contribution in [0, 0.1) is 6.92 Å². The summed E-state index contributed by atoms with van der Waals surface area (Å²) in [6.07, 6.45) is 6.47. The lowest BCUT2D eigenvalue weighted by Gasteiger charge is -2.23. The Bertz CT molecular complexity index is 307. The molecule has 1 aromatic heterocycles. The van der Waals surface area contributed by atoms with Crippen molar-refractivity contribution in [3.8, 4) is 0 Å². The fraction of sp³-hybridized carbons (Fsp3) is 0.727. The van der Waals surface area contributed by atoms with Crippen molar-refractivity contribution in [2.75, 3.05) is 19.6 Å². The molecule has 1 unspecified atom stereocenters. The summed E-state index contributed by atoms with van der Waals surface area (Å²) < 4.78 is 2.20. The summed E-state index contributed by atoms with van der Waals surface area (Å²) in [5.41, 5.74) is 5.74. The van der Waals surface area contributed by atoms with E-state index >= 15 is 0 Å². The Morgan fingerprint density at radius 3 is 3.07 bits per heavy atom. The second kappa shape index (κ2) is 4.77. The Morgan fingerprint density at radius 1 is 1.53 bits per heavy atom. The SMILES string of the molecule is Cc1nccn1CCN1CCCC1CN. The fourth-order valence-corrected chi connectivity index (χ4v) is 2.33. The van der Waals surface area contributed by atoms with Gasteiger partial charge in [-0.05, 0) is 26.3 Å². The summed E-state index contributed by atoms with van der Waals surface area (Å²) >= 11 is 0. The number of imidazole rings is 1. The van der Waals surface area contributed by atoms with Crippen LogP contribution in [0.5, 0.6) is 0 Å². The van der Waals surface area contributed by atoms with Crippen LogP contribution in [0.2, 0.25) is 0 Å². The number of nitrogens with two attached hydrogens (primary N) is 1. The Kier molecular flexibility index (Phi) is 3.38. The molecule has 1 fully saturated rings. The molecule has 0 spiro atoms. The van der Waals surface area contributed by atoms with E-state index in [0.29, 0.717) is 6.04 Å². The zero-order valence-corrected chi connectivity index (χ0v) is 9.39. The first kappa shape index (κ1) is 10.6. The van der Waals surface area contributed by atoms with Gasteiger partial charge in [-0.3, -0.25) is 4.90 Å². The van der Waals surface area contributed by atoms with E-state index in [4.69, 9.17) is 5.73 Å². The first-order chi connectivity index (χ1) is 7.31. The van der Waals surface area contributed by atoms with Gasteiger partial charge in [-0.1, -0.05) is 0 Å². The van der Waals surface area contributed by atoms with Gasteiger partial charge in [0.25, 0.3) is 0 Å². The molecule has 0 radical (unpaired) electrons. The van der Waals surface area contributed by atoms with Gasteiger partial charge in [0.05, 0.1) is 0 Å². The minimum atomic E-state index is 0.605. The molecule has 0 aliphatic carbocycles. The molecular formula is C11H20N4. The highest BCUT2D eigenvalue weighted by Crippen LogP contribution is 2.15. The number of hydrogen-bond acceptors (Lipinski definition) is 3. The van der Waals surface area contributed by atoms with E-state index in [0.717, 1.165) is 25.5 Å². The van der Waals surface area contributed by atoms with Crippen molar-refractivity contribution in [2.45, 2.75) is 32.4 Å². The number of aromatic nitrogens is 2. The van der Waals surface area contributed by atoms with E-state index in [1.165, 1.54) is 19.4 Å². The number of hydrogen-bond donors (Lipinski definition) is 1. The van der Waals surface area contributed by atoms with Crippen LogP contribution in [0.4, 0.5) is 0 Å². The van der Waals surface area contributed by atoms with Crippen LogP contribution in [-0.2, 0) is 6.54 Å². The molecule has 0 saturated carbocycles. The Hall–Kier alpha value is -0.870. The van der Waals surface area contributed by atoms with Crippen molar-refractivity contribution in [3.63, 3.8) is 0 Å². The largest absolute Gasteiger partial charge is 0.334 e. The van der Waals surface area contributed by atoms with Crippen molar-refractivity contribution < 1.29 is 0 Å². The molecule has 4 heteroatoms. The minimum absolute atomic E-state index is 0.605. The average molecular weight is 208 g/mol. The number of nitrogens with zero attached hydrogens (tertiary/aromatic N) is 3. The van der Waals surface area contributed by atoms with Gasteiger partial charge in [-0.15, -0.1) is 0 Å². The average Bonchev–Trinajstić information content (AvgIpc) is 2.83. The molecular weight excluding hydrogens is 188 g/mol. The lowest BCUT2D eigenvalue weighted by atomic mass is 10.2. The standard InChI is InChI=1S/C11H20N4/c1-10-13-4-6-14(10)7-8-15-5-2-3-11(15)9-12/h4,6,11H,2-3,5,7-9,12H2,1H3. The van der Waals surface area contributed by atoms with Crippen LogP contribution in [0.1, 0.15) is 18.7 Å². The van der Waals surface area contributed by atoms with Crippen LogP contribution in [0.3, 0.4) is 0 Å². The maximum atomic E-state index is 5.74. The molecule has 0 amide bonds. The second-order valence-electron chi connectivity index (χ2n) is 4.24. The number of aryl methyl sites for hydroxylation is 1. The first-order valence-electron chi connectivity index (χ1n) is 5.73. The number of likely N-dealkylation sites (tertiary alicyclic amines) is 1. The van der Waals surface area contributed by atoms with Crippen molar-refractivity contribution in [3.05, 3.63) is 18.2 Å². The molecule has 0 aromatic carbocycles. The fourth-order valence-electron chi connectivity index (χ4n) is 2.33. The van der Waals surface area contributed by atoms with Crippen molar-refractivity contribution in [2.24, 2.45) is 5.73 Å². The Morgan fingerprint density at radius 2 is 2.40 bits per heavy atom. The molecule has 2 heterocycles. The molecule has 15 heavy (non-hydrogen) atoms. The van der Waals surface area contributed by atoms with E-state index in [1.807, 2.05) is 19.3 Å². The molecule has 1 atom stereocenters. The molecule has 4 nitrogen and oxygen atoms in total. The first-order valence-corrected chi connectivity index (χ1v) is 5.73. The van der Waals surface area contributed by atoms with Gasteiger partial charge >= 0.3 is 0 Å². The Labute approximate surface area is 91.1 Å². The summed E-state index contributed by atoms with van der Waals surface area (Å²) in [5.74, 6) is 1.10. The predicted octanol–water partition coefficient (Wildman–Crippen LogP) is 0.615. The van der Waals surface area contributed by atoms with Crippen LogP contribution >= 0.6 is 0 Å². The van der Waals surface area contributed by atoms with Crippen LogP contribution in [-0.4, -0.2) is 40.1 Å². The van der Waals surface area contributed by atoms with Crippen LogP contribution in [0.15, 0.2) is 12.4 Å². The van der Waals surface area contributed by atoms with Crippen molar-refractivity contribution >= 4 is 0 Å². The maximum absolute atomic E-state index is 5.74. The predicted molar refractivity (Wildman–Crippen MR) is 60.6 cm³/mol. The van der Waals surface area contributed by atoms with Crippen molar-refractivity contribution in [1.29, 1.82) is 0 Å². The second-order valence-corrected chi connectivity index (χ2v) is 4.24. The quantitative estimate of drug-likeness (QED) is 0.789. The van der Waals surface area contributed by atoms with Gasteiger partial charge < -0.3 is 10.3 Å². The lowest BCUT2D eigenvalue weighted by Crippen LogP contribution is -2.37. The molecule has 1 aliphatic heterocycles. The molecule has 2 N–H and O–H groups in total. The maximum Gasteiger partial charge on any atom is 0.105 e. The number of rotatable bonds is 4. The molecule has 84 valence electrons. The highest BCUT2D eigenvalue weighted by Gasteiger charge is 2.22. The third-order valence-corrected chi connectivity index (χ3v) is 3.32. The summed E-state index contributed by atoms with van der Waals surface area (Å²) in [6.45, 7) is 6.17. The third-order valence-electron chi connectivity index (χ3n) is 3.32. The van der Waals surface area contributed by atoms with Crippen LogP contribution < -0.4 is 5.73 Å². The topological polar surface area (TPSA) is 47.1 Å². The molecule has 1 aliphatic rings. The van der Waals surface area contributed by atoms with Gasteiger partial charge in [0.1, 0.15) is 5.82 Å². The van der Waals surface area contributed by atoms with Gasteiger partial charge in [0, 0.05) is 38.1 Å². The van der Waals surface area contributed by atoms with Crippen molar-refractivity contribution in [1.82, 2.24) is 14.5 Å². The molecule has 1 saturated heterocycles. The van der Waals surface area contributed by atoms with Gasteiger partial charge in [0.2, 0.25) is 0 Å². The minimum Gasteiger partial charge on any atom is -0.334 e. The summed E-state index contributed by atoms with van der Waals surface area (Å²) in [7, 11) is 0.